The molecule has 0 aromatic rings. The summed E-state index contributed by atoms with van der Waals surface area (Å²) < 4.78 is 33.1. The summed E-state index contributed by atoms with van der Waals surface area (Å²) in [5.41, 5.74) is 5.39. The molecular formula is C70H128NO8P. The maximum absolute atomic E-state index is 12.7. The fraction of sp³-hybridized carbons (Fsp3) is 0.800. The number of ether oxygens (including phenoxy) is 2. The molecular weight excluding hydrogens is 1010 g/mol. The molecule has 3 N–H and O–H groups in total. The van der Waals surface area contributed by atoms with E-state index in [1.54, 1.807) is 0 Å². The Morgan fingerprint density at radius 3 is 1.02 bits per heavy atom. The van der Waals surface area contributed by atoms with Gasteiger partial charge in [-0.15, -0.1) is 0 Å². The maximum atomic E-state index is 12.7. The van der Waals surface area contributed by atoms with Crippen molar-refractivity contribution < 1.29 is 37.6 Å². The molecule has 0 rings (SSSR count). The number of rotatable bonds is 64. The highest BCUT2D eigenvalue weighted by molar-refractivity contribution is 7.47. The van der Waals surface area contributed by atoms with Gasteiger partial charge in [-0.1, -0.05) is 324 Å². The zero-order valence-electron chi connectivity index (χ0n) is 52.3. The second-order valence-corrected chi connectivity index (χ2v) is 24.1. The molecule has 10 heteroatoms. The van der Waals surface area contributed by atoms with Gasteiger partial charge in [0.15, 0.2) is 6.10 Å². The van der Waals surface area contributed by atoms with E-state index >= 15 is 0 Å². The largest absolute Gasteiger partial charge is 0.472 e. The van der Waals surface area contributed by atoms with E-state index in [0.29, 0.717) is 6.42 Å². The Kier molecular flexibility index (Phi) is 63.5. The molecule has 2 atom stereocenters. The van der Waals surface area contributed by atoms with Gasteiger partial charge in [-0.05, 0) is 64.2 Å². The quantitative estimate of drug-likeness (QED) is 0.0264. The number of allylic oxidation sites excluding steroid dienone is 12. The van der Waals surface area contributed by atoms with Crippen LogP contribution >= 0.6 is 7.82 Å². The van der Waals surface area contributed by atoms with Crippen LogP contribution < -0.4 is 5.73 Å². The van der Waals surface area contributed by atoms with E-state index in [2.05, 4.69) is 86.8 Å². The summed E-state index contributed by atoms with van der Waals surface area (Å²) in [5.74, 6) is -0.809. The van der Waals surface area contributed by atoms with Crippen molar-refractivity contribution in [1.29, 1.82) is 0 Å². The van der Waals surface area contributed by atoms with Gasteiger partial charge in [-0.2, -0.15) is 0 Å². The Labute approximate surface area is 494 Å². The van der Waals surface area contributed by atoms with E-state index in [1.807, 2.05) is 0 Å². The number of unbranched alkanes of at least 4 members (excludes halogenated alkanes) is 39. The average Bonchev–Trinajstić information content (AvgIpc) is 3.45. The van der Waals surface area contributed by atoms with Gasteiger partial charge < -0.3 is 20.1 Å². The van der Waals surface area contributed by atoms with Gasteiger partial charge in [-0.25, -0.2) is 4.57 Å². The first-order chi connectivity index (χ1) is 39.3. The van der Waals surface area contributed by atoms with E-state index in [0.717, 1.165) is 70.6 Å². The van der Waals surface area contributed by atoms with Crippen molar-refractivity contribution >= 4 is 19.8 Å². The highest BCUT2D eigenvalue weighted by Gasteiger charge is 2.26. The number of nitrogens with two attached hydrogens (primary N) is 1. The second-order valence-electron chi connectivity index (χ2n) is 22.7. The second kappa shape index (κ2) is 65.6. The number of phosphoric acid groups is 1. The molecule has 80 heavy (non-hydrogen) atoms. The molecule has 0 saturated heterocycles. The third-order valence-corrected chi connectivity index (χ3v) is 15.8. The first-order valence-electron chi connectivity index (χ1n) is 33.9. The van der Waals surface area contributed by atoms with Gasteiger partial charge in [0.05, 0.1) is 13.2 Å². The monoisotopic (exact) mass is 1140 g/mol. The molecule has 466 valence electrons. The molecule has 0 saturated carbocycles. The molecule has 0 spiro atoms. The molecule has 0 aliphatic rings. The maximum Gasteiger partial charge on any atom is 0.472 e. The Bertz CT molecular complexity index is 1540. The van der Waals surface area contributed by atoms with Crippen molar-refractivity contribution in [2.45, 2.75) is 335 Å². The van der Waals surface area contributed by atoms with Gasteiger partial charge in [0, 0.05) is 19.4 Å². The molecule has 0 radical (unpaired) electrons. The molecule has 0 aliphatic carbocycles. The summed E-state index contributed by atoms with van der Waals surface area (Å²) in [6.45, 7) is 3.68. The van der Waals surface area contributed by atoms with Crippen molar-refractivity contribution in [2.75, 3.05) is 26.4 Å². The predicted octanol–water partition coefficient (Wildman–Crippen LogP) is 22.0. The molecule has 0 aromatic carbocycles. The van der Waals surface area contributed by atoms with Crippen molar-refractivity contribution in [3.05, 3.63) is 72.9 Å². The minimum atomic E-state index is -4.39. The van der Waals surface area contributed by atoms with Crippen molar-refractivity contribution in [3.63, 3.8) is 0 Å². The van der Waals surface area contributed by atoms with Crippen LogP contribution in [0.1, 0.15) is 328 Å². The van der Waals surface area contributed by atoms with E-state index < -0.39 is 26.5 Å². The number of hydrogen-bond donors (Lipinski definition) is 2. The third-order valence-electron chi connectivity index (χ3n) is 14.9. The Morgan fingerprint density at radius 2 is 0.688 bits per heavy atom. The lowest BCUT2D eigenvalue weighted by Gasteiger charge is -2.19. The molecule has 0 fully saturated rings. The lowest BCUT2D eigenvalue weighted by molar-refractivity contribution is -0.161. The number of carbonyl (C=O) groups excluding carboxylic acids is 2. The molecule has 9 nitrogen and oxygen atoms in total. The minimum absolute atomic E-state index is 0.0552. The molecule has 0 amide bonds. The minimum Gasteiger partial charge on any atom is -0.462 e. The van der Waals surface area contributed by atoms with E-state index in [1.165, 1.54) is 225 Å². The summed E-state index contributed by atoms with van der Waals surface area (Å²) >= 11 is 0. The number of hydrogen-bond acceptors (Lipinski definition) is 8. The highest BCUT2D eigenvalue weighted by atomic mass is 31.2. The summed E-state index contributed by atoms with van der Waals surface area (Å²) in [6, 6.07) is 0. The molecule has 0 heterocycles. The van der Waals surface area contributed by atoms with Gasteiger partial charge in [0.2, 0.25) is 0 Å². The topological polar surface area (TPSA) is 134 Å². The number of carbonyl (C=O) groups is 2. The summed E-state index contributed by atoms with van der Waals surface area (Å²) in [7, 11) is -4.39. The van der Waals surface area contributed by atoms with Gasteiger partial charge >= 0.3 is 19.8 Å². The summed E-state index contributed by atoms with van der Waals surface area (Å²) in [5, 5.41) is 0. The van der Waals surface area contributed by atoms with Crippen LogP contribution in [0.25, 0.3) is 0 Å². The van der Waals surface area contributed by atoms with E-state index in [4.69, 9.17) is 24.3 Å². The van der Waals surface area contributed by atoms with Gasteiger partial charge in [0.1, 0.15) is 6.61 Å². The Hall–Kier alpha value is -2.55. The lowest BCUT2D eigenvalue weighted by Crippen LogP contribution is -2.29. The van der Waals surface area contributed by atoms with Crippen LogP contribution in [0.15, 0.2) is 72.9 Å². The molecule has 0 bridgehead atoms. The van der Waals surface area contributed by atoms with Gasteiger partial charge in [0.25, 0.3) is 0 Å². The smallest absolute Gasteiger partial charge is 0.462 e. The standard InChI is InChI=1S/C70H128NO8P/c1-3-5-7-9-11-13-15-17-19-21-23-24-25-26-27-28-29-30-31-32-33-34-35-36-37-38-39-40-41-42-43-44-45-47-49-51-53-55-57-59-61-63-70(73)79-68(67-78-80(74,75)77-65-64-71)66-76-69(72)62-60-58-56-54-52-50-48-46-22-20-18-16-14-12-10-8-6-4-2/h5,7,11,13,17,19,23-24,26-27,29-30,68H,3-4,6,8-10,12,14-16,18,20-22,25,28,31-67,71H2,1-2H3,(H,74,75)/b7-5-,13-11-,19-17-,24-23-,27-26-,30-29-. The van der Waals surface area contributed by atoms with Crippen LogP contribution in [0.3, 0.4) is 0 Å². The fourth-order valence-electron chi connectivity index (χ4n) is 9.88. The van der Waals surface area contributed by atoms with Crippen molar-refractivity contribution in [1.82, 2.24) is 0 Å². The van der Waals surface area contributed by atoms with Gasteiger partial charge in [-0.3, -0.25) is 18.6 Å². The molecule has 0 aliphatic heterocycles. The summed E-state index contributed by atoms with van der Waals surface area (Å²) in [4.78, 5) is 35.3. The normalized spacial score (nSPS) is 13.4. The Balaban J connectivity index is 3.78. The average molecular weight is 1140 g/mol. The first kappa shape index (κ1) is 77.5. The number of phosphoric ester groups is 1. The van der Waals surface area contributed by atoms with Crippen LogP contribution in [0.4, 0.5) is 0 Å². The van der Waals surface area contributed by atoms with Crippen molar-refractivity contribution in [2.24, 2.45) is 5.73 Å². The third kappa shape index (κ3) is 64.6. The van der Waals surface area contributed by atoms with Crippen LogP contribution in [0.5, 0.6) is 0 Å². The lowest BCUT2D eigenvalue weighted by atomic mass is 10.0. The predicted molar refractivity (Wildman–Crippen MR) is 344 cm³/mol. The fourth-order valence-corrected chi connectivity index (χ4v) is 10.6. The zero-order valence-corrected chi connectivity index (χ0v) is 53.2. The van der Waals surface area contributed by atoms with Crippen LogP contribution in [-0.2, 0) is 32.7 Å². The first-order valence-corrected chi connectivity index (χ1v) is 35.4. The number of esters is 2. The zero-order chi connectivity index (χ0) is 58.0. The van der Waals surface area contributed by atoms with Crippen LogP contribution in [-0.4, -0.2) is 49.3 Å². The molecule has 0 aromatic heterocycles. The highest BCUT2D eigenvalue weighted by Crippen LogP contribution is 2.43. The van der Waals surface area contributed by atoms with Crippen molar-refractivity contribution in [3.8, 4) is 0 Å². The van der Waals surface area contributed by atoms with Crippen LogP contribution in [0.2, 0.25) is 0 Å². The van der Waals surface area contributed by atoms with E-state index in [-0.39, 0.29) is 38.6 Å². The SMILES string of the molecule is CC/C=C\C/C=C\C/C=C\C/C=C\C/C=C\C/C=C\CCCCCCCCCCCCCCCCCCCCCCCCC(=O)OC(COC(=O)CCCCCCCCCCCCCCCCCCCC)COP(=O)(O)OCCN. The molecule has 2 unspecified atom stereocenters. The van der Waals surface area contributed by atoms with Crippen LogP contribution in [0, 0.1) is 0 Å². The van der Waals surface area contributed by atoms with E-state index in [9.17, 15) is 19.0 Å². The Morgan fingerprint density at radius 1 is 0.388 bits per heavy atom. The summed E-state index contributed by atoms with van der Waals surface area (Å²) in [6.07, 6.45) is 85.7.